The average molecular weight is 343 g/mol. The van der Waals surface area contributed by atoms with Crippen molar-refractivity contribution in [2.24, 2.45) is 4.99 Å². The van der Waals surface area contributed by atoms with E-state index in [2.05, 4.69) is 85.1 Å². The lowest BCUT2D eigenvalue weighted by atomic mass is 9.90. The van der Waals surface area contributed by atoms with Crippen LogP contribution in [0.1, 0.15) is 22.6 Å². The molecule has 0 fully saturated rings. The largest absolute Gasteiger partial charge is 0.306 e. The van der Waals surface area contributed by atoms with Gasteiger partial charge in [-0.15, -0.1) is 0 Å². The molecule has 0 aliphatic rings. The van der Waals surface area contributed by atoms with Gasteiger partial charge in [-0.3, -0.25) is 0 Å². The van der Waals surface area contributed by atoms with Gasteiger partial charge in [-0.2, -0.15) is 0 Å². The third-order valence-electron chi connectivity index (χ3n) is 4.16. The third kappa shape index (κ3) is 4.58. The molecule has 0 amide bonds. The molecule has 0 saturated carbocycles. The summed E-state index contributed by atoms with van der Waals surface area (Å²) >= 11 is 0. The van der Waals surface area contributed by atoms with Crippen molar-refractivity contribution in [2.75, 3.05) is 14.1 Å². The van der Waals surface area contributed by atoms with E-state index in [1.807, 2.05) is 31.2 Å². The first kappa shape index (κ1) is 17.9. The number of hydrogen-bond acceptors (Lipinski definition) is 2. The standard InChI is InChI=1S/C23H25N3/c1-18-14-16-21(17-15-18)24-23(25-26(2)3)22(19-10-6-4-7-11-19)20-12-8-5-9-13-20/h4-17,22H,1-3H3,(H,24,25). The zero-order valence-corrected chi connectivity index (χ0v) is 15.6. The Morgan fingerprint density at radius 1 is 0.769 bits per heavy atom. The molecule has 3 heteroatoms. The molecule has 0 unspecified atom stereocenters. The number of amidine groups is 1. The Kier molecular flexibility index (Phi) is 5.82. The quantitative estimate of drug-likeness (QED) is 0.404. The molecule has 3 nitrogen and oxygen atoms in total. The summed E-state index contributed by atoms with van der Waals surface area (Å²) in [6, 6.07) is 29.3. The van der Waals surface area contributed by atoms with Crippen LogP contribution in [-0.4, -0.2) is 24.9 Å². The highest BCUT2D eigenvalue weighted by Crippen LogP contribution is 2.27. The van der Waals surface area contributed by atoms with Gasteiger partial charge in [-0.1, -0.05) is 78.4 Å². The predicted octanol–water partition coefficient (Wildman–Crippen LogP) is 4.92. The van der Waals surface area contributed by atoms with Crippen LogP contribution in [0.25, 0.3) is 0 Å². The molecule has 0 heterocycles. The fourth-order valence-electron chi connectivity index (χ4n) is 2.94. The minimum absolute atomic E-state index is 0.0288. The van der Waals surface area contributed by atoms with Crippen molar-refractivity contribution in [3.8, 4) is 0 Å². The second kappa shape index (κ2) is 8.45. The Bertz CT molecular complexity index is 798. The smallest absolute Gasteiger partial charge is 0.129 e. The van der Waals surface area contributed by atoms with E-state index in [-0.39, 0.29) is 5.92 Å². The third-order valence-corrected chi connectivity index (χ3v) is 4.16. The monoisotopic (exact) mass is 343 g/mol. The fourth-order valence-corrected chi connectivity index (χ4v) is 2.94. The molecule has 0 aliphatic carbocycles. The van der Waals surface area contributed by atoms with Crippen LogP contribution in [0, 0.1) is 6.92 Å². The Balaban J connectivity index is 2.11. The van der Waals surface area contributed by atoms with Gasteiger partial charge >= 0.3 is 0 Å². The van der Waals surface area contributed by atoms with Crippen LogP contribution >= 0.6 is 0 Å². The van der Waals surface area contributed by atoms with Crippen LogP contribution in [0.5, 0.6) is 0 Å². The summed E-state index contributed by atoms with van der Waals surface area (Å²) in [5.41, 5.74) is 8.01. The number of nitrogens with zero attached hydrogens (tertiary/aromatic N) is 2. The SMILES string of the molecule is Cc1ccc(N=C(NN(C)C)C(c2ccccc2)c2ccccc2)cc1. The molecule has 0 radical (unpaired) electrons. The van der Waals surface area contributed by atoms with Crippen molar-refractivity contribution in [1.82, 2.24) is 10.4 Å². The predicted molar refractivity (Wildman–Crippen MR) is 110 cm³/mol. The highest BCUT2D eigenvalue weighted by atomic mass is 15.5. The maximum atomic E-state index is 4.96. The normalized spacial score (nSPS) is 11.8. The first-order chi connectivity index (χ1) is 12.6. The number of benzene rings is 3. The summed E-state index contributed by atoms with van der Waals surface area (Å²) < 4.78 is 0. The van der Waals surface area contributed by atoms with Crippen molar-refractivity contribution in [2.45, 2.75) is 12.8 Å². The lowest BCUT2D eigenvalue weighted by Crippen LogP contribution is -2.39. The zero-order valence-electron chi connectivity index (χ0n) is 15.6. The summed E-state index contributed by atoms with van der Waals surface area (Å²) in [6.07, 6.45) is 0. The Labute approximate surface area is 156 Å². The molecule has 132 valence electrons. The molecule has 3 aromatic rings. The zero-order chi connectivity index (χ0) is 18.4. The summed E-state index contributed by atoms with van der Waals surface area (Å²) in [4.78, 5) is 4.96. The molecule has 0 saturated heterocycles. The van der Waals surface area contributed by atoms with Crippen molar-refractivity contribution >= 4 is 11.5 Å². The van der Waals surface area contributed by atoms with Gasteiger partial charge in [0.05, 0.1) is 11.6 Å². The van der Waals surface area contributed by atoms with Crippen LogP contribution in [0.4, 0.5) is 5.69 Å². The minimum atomic E-state index is 0.0288. The Morgan fingerprint density at radius 2 is 1.27 bits per heavy atom. The van der Waals surface area contributed by atoms with Gasteiger partial charge in [0.25, 0.3) is 0 Å². The molecule has 3 rings (SSSR count). The van der Waals surface area contributed by atoms with Gasteiger partial charge in [0, 0.05) is 14.1 Å². The van der Waals surface area contributed by atoms with Gasteiger partial charge in [-0.05, 0) is 30.2 Å². The van der Waals surface area contributed by atoms with E-state index in [0.717, 1.165) is 11.5 Å². The maximum Gasteiger partial charge on any atom is 0.129 e. The van der Waals surface area contributed by atoms with E-state index in [9.17, 15) is 0 Å². The highest BCUT2D eigenvalue weighted by molar-refractivity contribution is 5.93. The van der Waals surface area contributed by atoms with E-state index in [4.69, 9.17) is 4.99 Å². The van der Waals surface area contributed by atoms with Crippen LogP contribution in [0.3, 0.4) is 0 Å². The summed E-state index contributed by atoms with van der Waals surface area (Å²) in [6.45, 7) is 2.09. The molecule has 3 aromatic carbocycles. The number of aryl methyl sites for hydroxylation is 1. The number of rotatable bonds is 5. The maximum absolute atomic E-state index is 4.96. The van der Waals surface area contributed by atoms with E-state index in [1.54, 1.807) is 0 Å². The van der Waals surface area contributed by atoms with Crippen molar-refractivity contribution in [3.63, 3.8) is 0 Å². The Hall–Kier alpha value is -2.91. The van der Waals surface area contributed by atoms with E-state index in [1.165, 1.54) is 16.7 Å². The van der Waals surface area contributed by atoms with Gasteiger partial charge in [0.2, 0.25) is 0 Å². The molecule has 1 N–H and O–H groups in total. The average Bonchev–Trinajstić information content (AvgIpc) is 2.65. The summed E-state index contributed by atoms with van der Waals surface area (Å²) in [5, 5.41) is 1.94. The van der Waals surface area contributed by atoms with Gasteiger partial charge in [-0.25, -0.2) is 10.0 Å². The van der Waals surface area contributed by atoms with Gasteiger partial charge in [0.1, 0.15) is 5.84 Å². The van der Waals surface area contributed by atoms with Gasteiger partial charge < -0.3 is 5.43 Å². The number of hydrazine groups is 1. The van der Waals surface area contributed by atoms with Crippen molar-refractivity contribution in [1.29, 1.82) is 0 Å². The van der Waals surface area contributed by atoms with Crippen molar-refractivity contribution in [3.05, 3.63) is 102 Å². The second-order valence-electron chi connectivity index (χ2n) is 6.59. The van der Waals surface area contributed by atoms with Crippen LogP contribution in [-0.2, 0) is 0 Å². The second-order valence-corrected chi connectivity index (χ2v) is 6.59. The van der Waals surface area contributed by atoms with Crippen LogP contribution in [0.15, 0.2) is 89.9 Å². The van der Waals surface area contributed by atoms with Crippen LogP contribution in [0.2, 0.25) is 0 Å². The number of aliphatic imine (C=N–C) groups is 1. The Morgan fingerprint density at radius 3 is 1.73 bits per heavy atom. The summed E-state index contributed by atoms with van der Waals surface area (Å²) in [7, 11) is 3.97. The van der Waals surface area contributed by atoms with Gasteiger partial charge in [0.15, 0.2) is 0 Å². The molecule has 0 aromatic heterocycles. The van der Waals surface area contributed by atoms with E-state index >= 15 is 0 Å². The number of nitrogens with one attached hydrogen (secondary N) is 1. The van der Waals surface area contributed by atoms with Crippen LogP contribution < -0.4 is 5.43 Å². The highest BCUT2D eigenvalue weighted by Gasteiger charge is 2.21. The minimum Gasteiger partial charge on any atom is -0.306 e. The molecular weight excluding hydrogens is 318 g/mol. The first-order valence-electron chi connectivity index (χ1n) is 8.82. The molecule has 0 atom stereocenters. The van der Waals surface area contributed by atoms with E-state index < -0.39 is 0 Å². The topological polar surface area (TPSA) is 27.6 Å². The lowest BCUT2D eigenvalue weighted by Gasteiger charge is -2.24. The van der Waals surface area contributed by atoms with E-state index in [0.29, 0.717) is 0 Å². The molecule has 0 bridgehead atoms. The molecular formula is C23H25N3. The molecule has 0 spiro atoms. The summed E-state index contributed by atoms with van der Waals surface area (Å²) in [5.74, 6) is 0.928. The first-order valence-corrected chi connectivity index (χ1v) is 8.82. The lowest BCUT2D eigenvalue weighted by molar-refractivity contribution is 0.358. The molecule has 0 aliphatic heterocycles. The molecule has 26 heavy (non-hydrogen) atoms. The fraction of sp³-hybridized carbons (Fsp3) is 0.174. The van der Waals surface area contributed by atoms with Crippen molar-refractivity contribution < 1.29 is 0 Å². The number of hydrogen-bond donors (Lipinski definition) is 1.